The topological polar surface area (TPSA) is 56.0 Å². The maximum Gasteiger partial charge on any atom is 0.100 e. The number of rotatable bonds is 2. The van der Waals surface area contributed by atoms with Gasteiger partial charge in [0.15, 0.2) is 0 Å². The van der Waals surface area contributed by atoms with Gasteiger partial charge in [0.25, 0.3) is 0 Å². The van der Waals surface area contributed by atoms with E-state index in [0.717, 1.165) is 4.88 Å². The monoisotopic (exact) mass is 154 g/mol. The lowest BCUT2D eigenvalue weighted by molar-refractivity contribution is 0.162. The highest BCUT2D eigenvalue weighted by Gasteiger charge is 1.96. The number of hydrogen-bond acceptors (Lipinski definition) is 4. The van der Waals surface area contributed by atoms with Gasteiger partial charge in [0, 0.05) is 10.3 Å². The third-order valence-electron chi connectivity index (χ3n) is 1.04. The Morgan fingerprint density at radius 2 is 2.60 bits per heavy atom. The Labute approximate surface area is 62.5 Å². The SMILES string of the molecule is N#Cc1csc(CNO)c1. The van der Waals surface area contributed by atoms with Crippen LogP contribution in [0.3, 0.4) is 0 Å². The maximum absolute atomic E-state index is 8.39. The Bertz CT molecular complexity index is 250. The van der Waals surface area contributed by atoms with Gasteiger partial charge in [-0.15, -0.1) is 11.3 Å². The molecule has 0 aliphatic carbocycles. The van der Waals surface area contributed by atoms with Crippen LogP contribution in [0, 0.1) is 11.3 Å². The van der Waals surface area contributed by atoms with Crippen molar-refractivity contribution in [1.82, 2.24) is 5.48 Å². The minimum Gasteiger partial charge on any atom is -0.316 e. The largest absolute Gasteiger partial charge is 0.316 e. The van der Waals surface area contributed by atoms with Crippen LogP contribution in [0.2, 0.25) is 0 Å². The highest BCUT2D eigenvalue weighted by Crippen LogP contribution is 2.12. The molecule has 0 fully saturated rings. The molecule has 0 aromatic carbocycles. The van der Waals surface area contributed by atoms with E-state index in [1.165, 1.54) is 11.3 Å². The first-order valence-corrected chi connectivity index (χ1v) is 3.59. The van der Waals surface area contributed by atoms with Gasteiger partial charge in [-0.1, -0.05) is 0 Å². The van der Waals surface area contributed by atoms with Gasteiger partial charge in [-0.2, -0.15) is 5.26 Å². The van der Waals surface area contributed by atoms with Crippen molar-refractivity contribution in [2.75, 3.05) is 0 Å². The highest BCUT2D eigenvalue weighted by molar-refractivity contribution is 7.10. The predicted molar refractivity (Wildman–Crippen MR) is 37.7 cm³/mol. The third kappa shape index (κ3) is 1.54. The fraction of sp³-hybridized carbons (Fsp3) is 0.167. The van der Waals surface area contributed by atoms with Crippen LogP contribution >= 0.6 is 11.3 Å². The lowest BCUT2D eigenvalue weighted by Crippen LogP contribution is -2.03. The Hall–Kier alpha value is -0.890. The van der Waals surface area contributed by atoms with Crippen LogP contribution in [0.5, 0.6) is 0 Å². The van der Waals surface area contributed by atoms with Gasteiger partial charge in [-0.05, 0) is 6.07 Å². The Morgan fingerprint density at radius 1 is 1.80 bits per heavy atom. The summed E-state index contributed by atoms with van der Waals surface area (Å²) < 4.78 is 0. The molecule has 1 aromatic rings. The molecule has 0 atom stereocenters. The molecule has 1 aromatic heterocycles. The zero-order valence-corrected chi connectivity index (χ0v) is 5.98. The van der Waals surface area contributed by atoms with Gasteiger partial charge < -0.3 is 5.21 Å². The summed E-state index contributed by atoms with van der Waals surface area (Å²) >= 11 is 1.45. The number of hydroxylamine groups is 1. The van der Waals surface area contributed by atoms with Crippen LogP contribution < -0.4 is 5.48 Å². The van der Waals surface area contributed by atoms with E-state index in [4.69, 9.17) is 10.5 Å². The van der Waals surface area contributed by atoms with E-state index >= 15 is 0 Å². The summed E-state index contributed by atoms with van der Waals surface area (Å²) in [6.07, 6.45) is 0. The van der Waals surface area contributed by atoms with E-state index in [1.54, 1.807) is 11.4 Å². The van der Waals surface area contributed by atoms with Crippen molar-refractivity contribution in [2.45, 2.75) is 6.54 Å². The van der Waals surface area contributed by atoms with Gasteiger partial charge in [0.05, 0.1) is 12.1 Å². The lowest BCUT2D eigenvalue weighted by Gasteiger charge is -1.88. The van der Waals surface area contributed by atoms with E-state index in [-0.39, 0.29) is 0 Å². The van der Waals surface area contributed by atoms with Crippen molar-refractivity contribution >= 4 is 11.3 Å². The van der Waals surface area contributed by atoms with Crippen LogP contribution in [0.15, 0.2) is 11.4 Å². The molecule has 3 nitrogen and oxygen atoms in total. The zero-order valence-electron chi connectivity index (χ0n) is 5.16. The quantitative estimate of drug-likeness (QED) is 0.627. The molecule has 1 rings (SSSR count). The molecule has 1 heterocycles. The molecule has 4 heteroatoms. The maximum atomic E-state index is 8.39. The summed E-state index contributed by atoms with van der Waals surface area (Å²) in [6, 6.07) is 3.75. The summed E-state index contributed by atoms with van der Waals surface area (Å²) in [5.41, 5.74) is 2.67. The standard InChI is InChI=1S/C6H6N2OS/c7-2-5-1-6(3-8-9)10-4-5/h1,4,8-9H,3H2. The molecule has 0 saturated heterocycles. The molecule has 0 spiro atoms. The molecule has 0 amide bonds. The third-order valence-corrected chi connectivity index (χ3v) is 1.97. The van der Waals surface area contributed by atoms with Crippen molar-refractivity contribution in [1.29, 1.82) is 5.26 Å². The molecular formula is C6H6N2OS. The van der Waals surface area contributed by atoms with E-state index < -0.39 is 0 Å². The van der Waals surface area contributed by atoms with E-state index in [9.17, 15) is 0 Å². The minimum absolute atomic E-state index is 0.409. The first-order chi connectivity index (χ1) is 4.86. The minimum atomic E-state index is 0.409. The van der Waals surface area contributed by atoms with Crippen LogP contribution in [-0.4, -0.2) is 5.21 Å². The Kier molecular flexibility index (Phi) is 2.40. The van der Waals surface area contributed by atoms with Crippen molar-refractivity contribution in [2.24, 2.45) is 0 Å². The molecule has 10 heavy (non-hydrogen) atoms. The number of nitriles is 1. The normalized spacial score (nSPS) is 9.20. The summed E-state index contributed by atoms with van der Waals surface area (Å²) in [4.78, 5) is 0.957. The van der Waals surface area contributed by atoms with Crippen molar-refractivity contribution in [3.05, 3.63) is 21.9 Å². The zero-order chi connectivity index (χ0) is 7.40. The van der Waals surface area contributed by atoms with Gasteiger partial charge in [0.2, 0.25) is 0 Å². The van der Waals surface area contributed by atoms with Crippen LogP contribution in [-0.2, 0) is 6.54 Å². The van der Waals surface area contributed by atoms with Gasteiger partial charge in [-0.25, -0.2) is 5.48 Å². The summed E-state index contributed by atoms with van der Waals surface area (Å²) in [5, 5.41) is 18.4. The fourth-order valence-corrected chi connectivity index (χ4v) is 1.35. The van der Waals surface area contributed by atoms with Gasteiger partial charge in [0.1, 0.15) is 6.07 Å². The molecule has 52 valence electrons. The molecule has 0 aliphatic rings. The molecule has 0 bridgehead atoms. The van der Waals surface area contributed by atoms with Crippen molar-refractivity contribution < 1.29 is 5.21 Å². The molecule has 0 radical (unpaired) electrons. The molecule has 0 aliphatic heterocycles. The predicted octanol–water partition coefficient (Wildman–Crippen LogP) is 1.10. The van der Waals surface area contributed by atoms with Gasteiger partial charge in [-0.3, -0.25) is 0 Å². The first kappa shape index (κ1) is 7.22. The lowest BCUT2D eigenvalue weighted by atomic mass is 10.3. The average Bonchev–Trinajstić information content (AvgIpc) is 2.37. The van der Waals surface area contributed by atoms with Crippen LogP contribution in [0.4, 0.5) is 0 Å². The molecule has 0 saturated carbocycles. The van der Waals surface area contributed by atoms with Crippen molar-refractivity contribution in [3.63, 3.8) is 0 Å². The number of hydrogen-bond donors (Lipinski definition) is 2. The van der Waals surface area contributed by atoms with E-state index in [1.807, 2.05) is 11.5 Å². The summed E-state index contributed by atoms with van der Waals surface area (Å²) in [7, 11) is 0. The average molecular weight is 154 g/mol. The van der Waals surface area contributed by atoms with Crippen LogP contribution in [0.1, 0.15) is 10.4 Å². The van der Waals surface area contributed by atoms with E-state index in [0.29, 0.717) is 12.1 Å². The second-order valence-corrected chi connectivity index (χ2v) is 2.74. The Balaban J connectivity index is 2.71. The fourth-order valence-electron chi connectivity index (χ4n) is 0.610. The Morgan fingerprint density at radius 3 is 3.10 bits per heavy atom. The molecular weight excluding hydrogens is 148 g/mol. The number of thiophene rings is 1. The van der Waals surface area contributed by atoms with E-state index in [2.05, 4.69) is 0 Å². The second kappa shape index (κ2) is 3.32. The highest BCUT2D eigenvalue weighted by atomic mass is 32.1. The van der Waals surface area contributed by atoms with Gasteiger partial charge >= 0.3 is 0 Å². The summed E-state index contributed by atoms with van der Waals surface area (Å²) in [5.74, 6) is 0. The van der Waals surface area contributed by atoms with Crippen molar-refractivity contribution in [3.8, 4) is 6.07 Å². The summed E-state index contributed by atoms with van der Waals surface area (Å²) in [6.45, 7) is 0.409. The molecule has 0 unspecified atom stereocenters. The second-order valence-electron chi connectivity index (χ2n) is 1.75. The smallest absolute Gasteiger partial charge is 0.100 e. The molecule has 2 N–H and O–H groups in total. The first-order valence-electron chi connectivity index (χ1n) is 2.71. The number of nitrogens with one attached hydrogen (secondary N) is 1. The number of nitrogens with zero attached hydrogens (tertiary/aromatic N) is 1. The van der Waals surface area contributed by atoms with Crippen LogP contribution in [0.25, 0.3) is 0 Å².